The summed E-state index contributed by atoms with van der Waals surface area (Å²) in [5, 5.41) is 0. The second kappa shape index (κ2) is 3.64. The van der Waals surface area contributed by atoms with Crippen LogP contribution in [0.15, 0.2) is 18.2 Å². The molecule has 2 rings (SSSR count). The number of hydrogen-bond acceptors (Lipinski definition) is 1. The Bertz CT molecular complexity index is 330. The van der Waals surface area contributed by atoms with Crippen molar-refractivity contribution in [2.45, 2.75) is 33.1 Å². The standard InChI is InChI=1S/C13H19N/c1-4-7-14-9-11(3)12-8-10(2)5-6-13(12)14/h5-6,8,11H,4,7,9H2,1-3H3. The molecule has 0 radical (unpaired) electrons. The average Bonchev–Trinajstić information content (AvgIpc) is 2.44. The van der Waals surface area contributed by atoms with Gasteiger partial charge in [-0.1, -0.05) is 31.5 Å². The molecular formula is C13H19N. The lowest BCUT2D eigenvalue weighted by Gasteiger charge is -2.18. The Hall–Kier alpha value is -0.980. The molecule has 1 unspecified atom stereocenters. The molecule has 0 amide bonds. The van der Waals surface area contributed by atoms with Crippen LogP contribution in [-0.4, -0.2) is 13.1 Å². The third-order valence-corrected chi connectivity index (χ3v) is 3.04. The SMILES string of the molecule is CCCN1CC(C)c2cc(C)ccc21. The molecule has 0 saturated heterocycles. The second-order valence-electron chi connectivity index (χ2n) is 4.41. The lowest BCUT2D eigenvalue weighted by Crippen LogP contribution is -2.21. The predicted molar refractivity (Wildman–Crippen MR) is 62.1 cm³/mol. The Morgan fingerprint density at radius 2 is 2.21 bits per heavy atom. The van der Waals surface area contributed by atoms with E-state index in [9.17, 15) is 0 Å². The first-order chi connectivity index (χ1) is 6.72. The Kier molecular flexibility index (Phi) is 2.49. The summed E-state index contributed by atoms with van der Waals surface area (Å²) in [6.07, 6.45) is 1.24. The summed E-state index contributed by atoms with van der Waals surface area (Å²) in [6.45, 7) is 9.15. The maximum absolute atomic E-state index is 2.51. The summed E-state index contributed by atoms with van der Waals surface area (Å²) in [5.41, 5.74) is 4.39. The lowest BCUT2D eigenvalue weighted by atomic mass is 10.0. The van der Waals surface area contributed by atoms with Gasteiger partial charge in [0.2, 0.25) is 0 Å². The normalized spacial score (nSPS) is 19.9. The van der Waals surface area contributed by atoms with Crippen LogP contribution in [0.4, 0.5) is 5.69 Å². The zero-order valence-corrected chi connectivity index (χ0v) is 9.38. The Morgan fingerprint density at radius 1 is 1.43 bits per heavy atom. The molecule has 1 aromatic carbocycles. The van der Waals surface area contributed by atoms with Gasteiger partial charge in [0.1, 0.15) is 0 Å². The van der Waals surface area contributed by atoms with Crippen LogP contribution in [0.5, 0.6) is 0 Å². The van der Waals surface area contributed by atoms with Crippen molar-refractivity contribution in [1.82, 2.24) is 0 Å². The minimum Gasteiger partial charge on any atom is -0.371 e. The van der Waals surface area contributed by atoms with E-state index in [2.05, 4.69) is 43.9 Å². The molecular weight excluding hydrogens is 170 g/mol. The molecule has 76 valence electrons. The average molecular weight is 189 g/mol. The Labute approximate surface area is 86.7 Å². The van der Waals surface area contributed by atoms with E-state index in [1.165, 1.54) is 30.8 Å². The molecule has 0 saturated carbocycles. The first-order valence-corrected chi connectivity index (χ1v) is 5.58. The highest BCUT2D eigenvalue weighted by Crippen LogP contribution is 2.36. The number of aryl methyl sites for hydroxylation is 1. The van der Waals surface area contributed by atoms with E-state index in [1.54, 1.807) is 5.56 Å². The van der Waals surface area contributed by atoms with Crippen LogP contribution in [0, 0.1) is 6.92 Å². The van der Waals surface area contributed by atoms with Crippen LogP contribution in [-0.2, 0) is 0 Å². The van der Waals surface area contributed by atoms with Crippen molar-refractivity contribution in [3.8, 4) is 0 Å². The van der Waals surface area contributed by atoms with Gasteiger partial charge in [0, 0.05) is 24.7 Å². The van der Waals surface area contributed by atoms with E-state index < -0.39 is 0 Å². The molecule has 1 aliphatic rings. The second-order valence-corrected chi connectivity index (χ2v) is 4.41. The molecule has 0 N–H and O–H groups in total. The van der Waals surface area contributed by atoms with Crippen molar-refractivity contribution >= 4 is 5.69 Å². The fourth-order valence-electron chi connectivity index (χ4n) is 2.37. The summed E-state index contributed by atoms with van der Waals surface area (Å²) in [4.78, 5) is 2.51. The molecule has 1 aromatic rings. The maximum Gasteiger partial charge on any atom is 0.0402 e. The number of rotatable bonds is 2. The van der Waals surface area contributed by atoms with Gasteiger partial charge >= 0.3 is 0 Å². The van der Waals surface area contributed by atoms with Crippen molar-refractivity contribution in [3.63, 3.8) is 0 Å². The van der Waals surface area contributed by atoms with E-state index in [-0.39, 0.29) is 0 Å². The van der Waals surface area contributed by atoms with Crippen molar-refractivity contribution in [2.24, 2.45) is 0 Å². The van der Waals surface area contributed by atoms with Crippen molar-refractivity contribution in [1.29, 1.82) is 0 Å². The van der Waals surface area contributed by atoms with Gasteiger partial charge in [-0.25, -0.2) is 0 Å². The van der Waals surface area contributed by atoms with E-state index in [0.717, 1.165) is 0 Å². The summed E-state index contributed by atoms with van der Waals surface area (Å²) in [6, 6.07) is 6.85. The van der Waals surface area contributed by atoms with Gasteiger partial charge in [-0.15, -0.1) is 0 Å². The monoisotopic (exact) mass is 189 g/mol. The largest absolute Gasteiger partial charge is 0.371 e. The first-order valence-electron chi connectivity index (χ1n) is 5.58. The van der Waals surface area contributed by atoms with Gasteiger partial charge in [0.15, 0.2) is 0 Å². The van der Waals surface area contributed by atoms with Crippen LogP contribution < -0.4 is 4.90 Å². The molecule has 1 heteroatoms. The zero-order valence-electron chi connectivity index (χ0n) is 9.38. The summed E-state index contributed by atoms with van der Waals surface area (Å²) >= 11 is 0. The van der Waals surface area contributed by atoms with E-state index in [0.29, 0.717) is 5.92 Å². The molecule has 14 heavy (non-hydrogen) atoms. The highest BCUT2D eigenvalue weighted by molar-refractivity contribution is 5.60. The third-order valence-electron chi connectivity index (χ3n) is 3.04. The van der Waals surface area contributed by atoms with Crippen LogP contribution in [0.1, 0.15) is 37.3 Å². The maximum atomic E-state index is 2.51. The van der Waals surface area contributed by atoms with Crippen molar-refractivity contribution < 1.29 is 0 Å². The molecule has 0 aliphatic carbocycles. The number of benzene rings is 1. The molecule has 0 spiro atoms. The van der Waals surface area contributed by atoms with Crippen LogP contribution in [0.3, 0.4) is 0 Å². The third kappa shape index (κ3) is 1.52. The van der Waals surface area contributed by atoms with Gasteiger partial charge in [-0.3, -0.25) is 0 Å². The summed E-state index contributed by atoms with van der Waals surface area (Å²) in [5.74, 6) is 0.705. The Balaban J connectivity index is 2.34. The quantitative estimate of drug-likeness (QED) is 0.689. The van der Waals surface area contributed by atoms with Gasteiger partial charge < -0.3 is 4.90 Å². The molecule has 1 aliphatic heterocycles. The summed E-state index contributed by atoms with van der Waals surface area (Å²) < 4.78 is 0. The van der Waals surface area contributed by atoms with Crippen LogP contribution in [0.25, 0.3) is 0 Å². The highest BCUT2D eigenvalue weighted by atomic mass is 15.1. The van der Waals surface area contributed by atoms with Gasteiger partial charge in [-0.05, 0) is 25.0 Å². The van der Waals surface area contributed by atoms with Crippen molar-refractivity contribution in [3.05, 3.63) is 29.3 Å². The van der Waals surface area contributed by atoms with Crippen LogP contribution >= 0.6 is 0 Å². The molecule has 0 aromatic heterocycles. The molecule has 0 fully saturated rings. The van der Waals surface area contributed by atoms with Gasteiger partial charge in [0.05, 0.1) is 0 Å². The molecule has 1 atom stereocenters. The molecule has 1 heterocycles. The van der Waals surface area contributed by atoms with E-state index in [4.69, 9.17) is 0 Å². The number of anilines is 1. The molecule has 1 nitrogen and oxygen atoms in total. The number of hydrogen-bond donors (Lipinski definition) is 0. The molecule has 0 bridgehead atoms. The smallest absolute Gasteiger partial charge is 0.0402 e. The minimum atomic E-state index is 0.705. The number of fused-ring (bicyclic) bond motifs is 1. The van der Waals surface area contributed by atoms with Crippen LogP contribution in [0.2, 0.25) is 0 Å². The highest BCUT2D eigenvalue weighted by Gasteiger charge is 2.24. The van der Waals surface area contributed by atoms with Gasteiger partial charge in [-0.2, -0.15) is 0 Å². The van der Waals surface area contributed by atoms with Crippen molar-refractivity contribution in [2.75, 3.05) is 18.0 Å². The fourth-order valence-corrected chi connectivity index (χ4v) is 2.37. The van der Waals surface area contributed by atoms with Gasteiger partial charge in [0.25, 0.3) is 0 Å². The Morgan fingerprint density at radius 3 is 2.93 bits per heavy atom. The minimum absolute atomic E-state index is 0.705. The topological polar surface area (TPSA) is 3.24 Å². The lowest BCUT2D eigenvalue weighted by molar-refractivity contribution is 0.731. The van der Waals surface area contributed by atoms with E-state index in [1.807, 2.05) is 0 Å². The fraction of sp³-hybridized carbons (Fsp3) is 0.538. The summed E-state index contributed by atoms with van der Waals surface area (Å²) in [7, 11) is 0. The zero-order chi connectivity index (χ0) is 10.1. The van der Waals surface area contributed by atoms with E-state index >= 15 is 0 Å². The number of nitrogens with zero attached hydrogens (tertiary/aromatic N) is 1. The predicted octanol–water partition coefficient (Wildman–Crippen LogP) is 3.33. The first kappa shape index (κ1) is 9.57.